The van der Waals surface area contributed by atoms with Crippen molar-refractivity contribution in [2.45, 2.75) is 51.4 Å². The number of halogens is 1. The number of anilines is 1. The average molecular weight is 508 g/mol. The van der Waals surface area contributed by atoms with Crippen molar-refractivity contribution in [1.82, 2.24) is 14.8 Å². The van der Waals surface area contributed by atoms with E-state index < -0.39 is 6.17 Å². The van der Waals surface area contributed by atoms with Gasteiger partial charge in [0, 0.05) is 43.5 Å². The fraction of sp³-hybridized carbons (Fsp3) is 0.429. The number of fused-ring (bicyclic) bond motifs is 4. The Bertz CT molecular complexity index is 1210. The van der Waals surface area contributed by atoms with Crippen LogP contribution in [0.15, 0.2) is 64.5 Å². The van der Waals surface area contributed by atoms with E-state index in [1.807, 2.05) is 52.9 Å². The quantitative estimate of drug-likeness (QED) is 0.608. The van der Waals surface area contributed by atoms with Crippen LogP contribution >= 0.6 is 0 Å². The summed E-state index contributed by atoms with van der Waals surface area (Å²) in [6.07, 6.45) is 6.35. The zero-order valence-electron chi connectivity index (χ0n) is 21.3. The molecule has 2 aromatic rings. The van der Waals surface area contributed by atoms with Gasteiger partial charge < -0.3 is 14.8 Å². The number of allylic oxidation sites excluding steroid dienone is 1. The number of benzene rings is 1. The van der Waals surface area contributed by atoms with E-state index in [-0.39, 0.29) is 29.8 Å². The number of amides is 2. The average Bonchev–Trinajstić information content (AvgIpc) is 2.90. The molecule has 1 aromatic carbocycles. The third-order valence-electron chi connectivity index (χ3n) is 7.00. The number of aromatic nitrogens is 1. The largest absolute Gasteiger partial charge is 0.352 e. The van der Waals surface area contributed by atoms with Crippen LogP contribution in [0.25, 0.3) is 0 Å². The van der Waals surface area contributed by atoms with E-state index in [2.05, 4.69) is 16.5 Å². The number of piperidine rings is 1. The smallest absolute Gasteiger partial charge is 0.250 e. The lowest BCUT2D eigenvalue weighted by Crippen LogP contribution is -2.49. The van der Waals surface area contributed by atoms with Gasteiger partial charge in [0.15, 0.2) is 0 Å². The zero-order valence-corrected chi connectivity index (χ0v) is 21.3. The zero-order chi connectivity index (χ0) is 26.4. The van der Waals surface area contributed by atoms with Gasteiger partial charge in [-0.2, -0.15) is 5.10 Å². The molecule has 0 saturated carbocycles. The number of pyridine rings is 1. The highest BCUT2D eigenvalue weighted by atomic mass is 19.1. The van der Waals surface area contributed by atoms with Crippen LogP contribution in [0.2, 0.25) is 0 Å². The van der Waals surface area contributed by atoms with E-state index in [0.29, 0.717) is 25.6 Å². The molecule has 2 bridgehead atoms. The summed E-state index contributed by atoms with van der Waals surface area (Å²) in [5.41, 5.74) is 3.18. The number of hydrazone groups is 1. The molecule has 4 heterocycles. The van der Waals surface area contributed by atoms with Crippen molar-refractivity contribution in [1.29, 1.82) is 0 Å². The summed E-state index contributed by atoms with van der Waals surface area (Å²) in [6.45, 7) is 6.06. The maximum absolute atomic E-state index is 13.0. The van der Waals surface area contributed by atoms with Gasteiger partial charge >= 0.3 is 0 Å². The number of nitrogens with zero attached hydrogens (tertiary/aromatic N) is 4. The first kappa shape index (κ1) is 26.3. The molecule has 1 saturated heterocycles. The van der Waals surface area contributed by atoms with Crippen molar-refractivity contribution in [3.05, 3.63) is 76.2 Å². The summed E-state index contributed by atoms with van der Waals surface area (Å²) in [5.74, 6) is 0.400. The van der Waals surface area contributed by atoms with Crippen LogP contribution in [0.4, 0.5) is 10.1 Å². The number of hydrogen-bond donors (Lipinski definition) is 1. The topological polar surface area (TPSA) is 87.0 Å². The molecule has 2 amide bonds. The van der Waals surface area contributed by atoms with Crippen LogP contribution in [0, 0.1) is 5.92 Å². The Labute approximate surface area is 216 Å². The molecular weight excluding hydrogens is 473 g/mol. The first-order valence-corrected chi connectivity index (χ1v) is 12.7. The number of rotatable bonds is 6. The molecule has 1 aromatic heterocycles. The molecule has 1 N–H and O–H groups in total. The van der Waals surface area contributed by atoms with Gasteiger partial charge in [0.25, 0.3) is 5.56 Å². The fourth-order valence-electron chi connectivity index (χ4n) is 5.16. The summed E-state index contributed by atoms with van der Waals surface area (Å²) in [5, 5.41) is 8.90. The maximum Gasteiger partial charge on any atom is 0.250 e. The Kier molecular flexibility index (Phi) is 8.53. The SMILES string of the molecule is C[C@@H](NC=O)c1ccc(N2CC=CC=N2)cc1.C[C@H](F)CC(=O)N1C[C@H]2C[C@@H](C1)c1cccc(=O)n1C2. The Morgan fingerprint density at radius 2 is 1.95 bits per heavy atom. The van der Waals surface area contributed by atoms with Crippen molar-refractivity contribution in [3.63, 3.8) is 0 Å². The van der Waals surface area contributed by atoms with E-state index >= 15 is 0 Å². The van der Waals surface area contributed by atoms with E-state index in [1.165, 1.54) is 6.92 Å². The number of nitrogens with one attached hydrogen (secondary N) is 1. The summed E-state index contributed by atoms with van der Waals surface area (Å²) in [6, 6.07) is 13.4. The molecule has 1 fully saturated rings. The minimum Gasteiger partial charge on any atom is -0.352 e. The molecule has 196 valence electrons. The summed E-state index contributed by atoms with van der Waals surface area (Å²) in [4.78, 5) is 36.1. The summed E-state index contributed by atoms with van der Waals surface area (Å²) < 4.78 is 14.8. The lowest BCUT2D eigenvalue weighted by molar-refractivity contribution is -0.135. The minimum absolute atomic E-state index is 0.0336. The maximum atomic E-state index is 13.0. The molecule has 4 atom stereocenters. The van der Waals surface area contributed by atoms with Gasteiger partial charge in [-0.05, 0) is 56.0 Å². The molecule has 0 aliphatic carbocycles. The predicted octanol–water partition coefficient (Wildman–Crippen LogP) is 3.40. The van der Waals surface area contributed by atoms with Crippen LogP contribution in [-0.2, 0) is 16.1 Å². The normalized spacial score (nSPS) is 21.3. The molecule has 0 radical (unpaired) electrons. The molecule has 37 heavy (non-hydrogen) atoms. The van der Waals surface area contributed by atoms with Crippen molar-refractivity contribution >= 4 is 24.2 Å². The van der Waals surface area contributed by atoms with E-state index in [1.54, 1.807) is 23.2 Å². The lowest BCUT2D eigenvalue weighted by Gasteiger charge is -2.42. The van der Waals surface area contributed by atoms with Crippen LogP contribution in [0.1, 0.15) is 49.9 Å². The predicted molar refractivity (Wildman–Crippen MR) is 142 cm³/mol. The van der Waals surface area contributed by atoms with Gasteiger partial charge in [0.2, 0.25) is 12.3 Å². The first-order chi connectivity index (χ1) is 17.9. The van der Waals surface area contributed by atoms with Gasteiger partial charge in [0.05, 0.1) is 24.7 Å². The second kappa shape index (κ2) is 12.0. The molecule has 3 aliphatic rings. The summed E-state index contributed by atoms with van der Waals surface area (Å²) in [7, 11) is 0. The Morgan fingerprint density at radius 1 is 1.16 bits per heavy atom. The molecule has 5 rings (SSSR count). The van der Waals surface area contributed by atoms with E-state index in [4.69, 9.17) is 0 Å². The van der Waals surface area contributed by atoms with Crippen LogP contribution in [0.3, 0.4) is 0 Å². The highest BCUT2D eigenvalue weighted by Crippen LogP contribution is 2.35. The first-order valence-electron chi connectivity index (χ1n) is 12.7. The molecule has 8 nitrogen and oxygen atoms in total. The van der Waals surface area contributed by atoms with Crippen LogP contribution < -0.4 is 15.9 Å². The van der Waals surface area contributed by atoms with E-state index in [9.17, 15) is 18.8 Å². The Hall–Kier alpha value is -3.75. The van der Waals surface area contributed by atoms with Gasteiger partial charge in [-0.25, -0.2) is 4.39 Å². The van der Waals surface area contributed by atoms with Crippen LogP contribution in [0.5, 0.6) is 0 Å². The highest BCUT2D eigenvalue weighted by Gasteiger charge is 2.36. The minimum atomic E-state index is -1.10. The van der Waals surface area contributed by atoms with Crippen molar-refractivity contribution < 1.29 is 14.0 Å². The number of carbonyl (C=O) groups excluding carboxylic acids is 2. The third kappa shape index (κ3) is 6.53. The number of hydrogen-bond acceptors (Lipinski definition) is 5. The van der Waals surface area contributed by atoms with Crippen molar-refractivity contribution in [2.75, 3.05) is 24.6 Å². The number of alkyl halides is 1. The van der Waals surface area contributed by atoms with Gasteiger partial charge in [-0.3, -0.25) is 19.4 Å². The molecule has 9 heteroatoms. The monoisotopic (exact) mass is 507 g/mol. The van der Waals surface area contributed by atoms with Gasteiger partial charge in [0.1, 0.15) is 6.17 Å². The number of carbonyl (C=O) groups is 2. The van der Waals surface area contributed by atoms with Crippen molar-refractivity contribution in [2.24, 2.45) is 11.0 Å². The highest BCUT2D eigenvalue weighted by molar-refractivity contribution is 5.77. The van der Waals surface area contributed by atoms with Crippen LogP contribution in [-0.4, -0.2) is 53.8 Å². The van der Waals surface area contributed by atoms with Crippen molar-refractivity contribution in [3.8, 4) is 0 Å². The van der Waals surface area contributed by atoms with Gasteiger partial charge in [-0.15, -0.1) is 0 Å². The van der Waals surface area contributed by atoms with Gasteiger partial charge in [-0.1, -0.05) is 24.3 Å². The molecule has 3 aliphatic heterocycles. The fourth-order valence-corrected chi connectivity index (χ4v) is 5.16. The van der Waals surface area contributed by atoms with E-state index in [0.717, 1.165) is 36.3 Å². The molecule has 0 unspecified atom stereocenters. The third-order valence-corrected chi connectivity index (χ3v) is 7.00. The molecule has 0 spiro atoms. The molecular formula is C28H34FN5O3. The second-order valence-corrected chi connectivity index (χ2v) is 9.85. The summed E-state index contributed by atoms with van der Waals surface area (Å²) >= 11 is 0. The lowest BCUT2D eigenvalue weighted by atomic mass is 9.83. The Balaban J connectivity index is 0.000000176. The standard InChI is InChI=1S/C15H19FN2O2.C13H15N3O/c1-10(16)5-15(20)17-7-11-6-12(9-17)13-3-2-4-14(19)18(13)8-11;1-11(14-10-17)12-4-6-13(7-5-12)16-9-3-2-8-15-16/h2-4,10-12H,5-9H2,1H3;2-8,10-11H,9H2,1H3,(H,14,17)/t10-,11+,12-;11-/m01/s1. The Morgan fingerprint density at radius 3 is 2.62 bits per heavy atom. The number of likely N-dealkylation sites (tertiary alicyclic amines) is 1. The second-order valence-electron chi connectivity index (χ2n) is 9.85.